The van der Waals surface area contributed by atoms with Gasteiger partial charge in [0.1, 0.15) is 0 Å². The second-order valence-electron chi connectivity index (χ2n) is 3.80. The van der Waals surface area contributed by atoms with E-state index in [9.17, 15) is 4.79 Å². The zero-order valence-electron chi connectivity index (χ0n) is 8.81. The predicted octanol–water partition coefficient (Wildman–Crippen LogP) is 1.46. The molecule has 15 heavy (non-hydrogen) atoms. The molecule has 2 aliphatic heterocycles. The van der Waals surface area contributed by atoms with Crippen LogP contribution in [0.4, 0.5) is 0 Å². The van der Waals surface area contributed by atoms with Gasteiger partial charge in [0.25, 0.3) is 0 Å². The lowest BCUT2D eigenvalue weighted by atomic mass is 10.1. The minimum absolute atomic E-state index is 0.0447. The molecule has 0 aromatic heterocycles. The largest absolute Gasteiger partial charge is 0.353 e. The Hall–Kier alpha value is -1.00. The van der Waals surface area contributed by atoms with Crippen molar-refractivity contribution in [2.24, 2.45) is 4.99 Å². The van der Waals surface area contributed by atoms with Crippen LogP contribution >= 0.6 is 0 Å². The van der Waals surface area contributed by atoms with Crippen molar-refractivity contribution in [1.29, 1.82) is 0 Å². The number of aliphatic imine (C=N–C) groups is 1. The summed E-state index contributed by atoms with van der Waals surface area (Å²) in [5, 5.41) is 0. The van der Waals surface area contributed by atoms with Crippen LogP contribution < -0.4 is 0 Å². The van der Waals surface area contributed by atoms with Crippen LogP contribution in [0.15, 0.2) is 17.3 Å². The zero-order chi connectivity index (χ0) is 10.7. The highest BCUT2D eigenvalue weighted by molar-refractivity contribution is 6.13. The van der Waals surface area contributed by atoms with Crippen LogP contribution in [0.3, 0.4) is 0 Å². The number of nitrogens with zero attached hydrogens (tertiary/aromatic N) is 1. The van der Waals surface area contributed by atoms with Gasteiger partial charge in [0.2, 0.25) is 0 Å². The molecular weight excluding hydrogens is 194 g/mol. The number of hydrogen-bond acceptors (Lipinski definition) is 4. The average Bonchev–Trinajstić information content (AvgIpc) is 2.25. The third-order valence-electron chi connectivity index (χ3n) is 2.58. The van der Waals surface area contributed by atoms with Gasteiger partial charge in [-0.3, -0.25) is 9.79 Å². The minimum atomic E-state index is -0.543. The third kappa shape index (κ3) is 2.52. The van der Waals surface area contributed by atoms with E-state index in [1.807, 2.05) is 0 Å². The number of ketones is 1. The highest BCUT2D eigenvalue weighted by atomic mass is 16.7. The molecule has 0 radical (unpaired) electrons. The van der Waals surface area contributed by atoms with Crippen LogP contribution in [-0.4, -0.2) is 30.5 Å². The molecule has 2 heterocycles. The molecule has 0 aromatic rings. The number of ether oxygens (including phenoxy) is 2. The molecule has 0 aromatic carbocycles. The molecule has 0 saturated carbocycles. The second-order valence-corrected chi connectivity index (χ2v) is 3.80. The summed E-state index contributed by atoms with van der Waals surface area (Å²) in [6.45, 7) is 2.52. The number of carbonyl (C=O) groups is 1. The van der Waals surface area contributed by atoms with Gasteiger partial charge in [0.15, 0.2) is 18.2 Å². The van der Waals surface area contributed by atoms with Crippen molar-refractivity contribution in [3.05, 3.63) is 12.3 Å². The molecule has 2 atom stereocenters. The first kappa shape index (κ1) is 10.5. The van der Waals surface area contributed by atoms with E-state index in [1.165, 1.54) is 12.3 Å². The van der Waals surface area contributed by atoms with Gasteiger partial charge in [0, 0.05) is 18.9 Å². The van der Waals surface area contributed by atoms with Crippen molar-refractivity contribution in [2.45, 2.75) is 38.6 Å². The quantitative estimate of drug-likeness (QED) is 0.691. The van der Waals surface area contributed by atoms with Crippen LogP contribution in [0.5, 0.6) is 0 Å². The molecule has 0 aliphatic carbocycles. The Morgan fingerprint density at radius 1 is 1.53 bits per heavy atom. The molecule has 2 unspecified atom stereocenters. The van der Waals surface area contributed by atoms with Gasteiger partial charge in [-0.1, -0.05) is 0 Å². The van der Waals surface area contributed by atoms with Crippen LogP contribution in [-0.2, 0) is 14.3 Å². The van der Waals surface area contributed by atoms with E-state index in [0.717, 1.165) is 25.9 Å². The summed E-state index contributed by atoms with van der Waals surface area (Å²) in [5.74, 6) is -0.0447. The van der Waals surface area contributed by atoms with Gasteiger partial charge >= 0.3 is 0 Å². The maximum Gasteiger partial charge on any atom is 0.191 e. The molecule has 0 N–H and O–H groups in total. The van der Waals surface area contributed by atoms with Crippen LogP contribution in [0, 0.1) is 0 Å². The summed E-state index contributed by atoms with van der Waals surface area (Å²) in [6.07, 6.45) is 5.20. The molecule has 0 spiro atoms. The smallest absolute Gasteiger partial charge is 0.191 e. The molecule has 82 valence electrons. The van der Waals surface area contributed by atoms with Crippen molar-refractivity contribution >= 4 is 11.5 Å². The van der Waals surface area contributed by atoms with Crippen molar-refractivity contribution in [2.75, 3.05) is 6.61 Å². The summed E-state index contributed by atoms with van der Waals surface area (Å²) in [5.41, 5.74) is 0.705. The lowest BCUT2D eigenvalue weighted by molar-refractivity contribution is -0.178. The van der Waals surface area contributed by atoms with Crippen molar-refractivity contribution < 1.29 is 14.3 Å². The van der Waals surface area contributed by atoms with Gasteiger partial charge < -0.3 is 9.47 Å². The minimum Gasteiger partial charge on any atom is -0.353 e. The van der Waals surface area contributed by atoms with Crippen molar-refractivity contribution in [3.8, 4) is 0 Å². The number of carbonyl (C=O) groups excluding carboxylic acids is 1. The van der Waals surface area contributed by atoms with Gasteiger partial charge in [-0.05, 0) is 26.2 Å². The van der Waals surface area contributed by atoms with Gasteiger partial charge in [-0.2, -0.15) is 0 Å². The lowest BCUT2D eigenvalue weighted by Crippen LogP contribution is -2.37. The fourth-order valence-corrected chi connectivity index (χ4v) is 1.73. The normalized spacial score (nSPS) is 31.5. The Kier molecular flexibility index (Phi) is 3.28. The molecule has 2 aliphatic rings. The third-order valence-corrected chi connectivity index (χ3v) is 2.58. The Bertz CT molecular complexity index is 303. The first-order valence-corrected chi connectivity index (χ1v) is 5.29. The molecule has 0 amide bonds. The highest BCUT2D eigenvalue weighted by Crippen LogP contribution is 2.17. The Balaban J connectivity index is 1.95. The Labute approximate surface area is 89.0 Å². The monoisotopic (exact) mass is 209 g/mol. The summed E-state index contributed by atoms with van der Waals surface area (Å²) < 4.78 is 11.0. The maximum atomic E-state index is 11.5. The van der Waals surface area contributed by atoms with E-state index < -0.39 is 6.10 Å². The topological polar surface area (TPSA) is 47.9 Å². The van der Waals surface area contributed by atoms with Crippen LogP contribution in [0.1, 0.15) is 26.2 Å². The summed E-state index contributed by atoms with van der Waals surface area (Å²) >= 11 is 0. The van der Waals surface area contributed by atoms with Crippen molar-refractivity contribution in [3.63, 3.8) is 0 Å². The van der Waals surface area contributed by atoms with E-state index in [4.69, 9.17) is 9.47 Å². The SMILES string of the molecule is CC1=NC=CC(=O)C1OC1CCCCO1. The standard InChI is InChI=1S/C11H15NO3/c1-8-11(9(13)5-6-12-8)15-10-4-2-3-7-14-10/h5-6,10-11H,2-4,7H2,1H3. The first-order chi connectivity index (χ1) is 7.27. The number of rotatable bonds is 2. The maximum absolute atomic E-state index is 11.5. The van der Waals surface area contributed by atoms with E-state index >= 15 is 0 Å². The summed E-state index contributed by atoms with van der Waals surface area (Å²) in [4.78, 5) is 15.6. The molecule has 1 fully saturated rings. The van der Waals surface area contributed by atoms with Crippen LogP contribution in [0.25, 0.3) is 0 Å². The first-order valence-electron chi connectivity index (χ1n) is 5.29. The summed E-state index contributed by atoms with van der Waals surface area (Å²) in [7, 11) is 0. The Morgan fingerprint density at radius 3 is 3.07 bits per heavy atom. The van der Waals surface area contributed by atoms with Crippen molar-refractivity contribution in [1.82, 2.24) is 0 Å². The van der Waals surface area contributed by atoms with E-state index in [0.29, 0.717) is 5.71 Å². The summed E-state index contributed by atoms with van der Waals surface area (Å²) in [6, 6.07) is 0. The van der Waals surface area contributed by atoms with E-state index in [-0.39, 0.29) is 12.1 Å². The van der Waals surface area contributed by atoms with Gasteiger partial charge in [-0.15, -0.1) is 0 Å². The predicted molar refractivity (Wildman–Crippen MR) is 55.7 cm³/mol. The highest BCUT2D eigenvalue weighted by Gasteiger charge is 2.27. The lowest BCUT2D eigenvalue weighted by Gasteiger charge is -2.27. The molecule has 2 rings (SSSR count). The fraction of sp³-hybridized carbons (Fsp3) is 0.636. The number of hydrogen-bond donors (Lipinski definition) is 0. The molecule has 0 bridgehead atoms. The van der Waals surface area contributed by atoms with E-state index in [2.05, 4.69) is 4.99 Å². The molecular formula is C11H15NO3. The average molecular weight is 209 g/mol. The van der Waals surface area contributed by atoms with Gasteiger partial charge in [0.05, 0.1) is 5.71 Å². The molecule has 4 nitrogen and oxygen atoms in total. The Morgan fingerprint density at radius 2 is 2.40 bits per heavy atom. The fourth-order valence-electron chi connectivity index (χ4n) is 1.73. The zero-order valence-corrected chi connectivity index (χ0v) is 8.81. The van der Waals surface area contributed by atoms with Gasteiger partial charge in [-0.25, -0.2) is 0 Å². The molecule has 1 saturated heterocycles. The van der Waals surface area contributed by atoms with E-state index in [1.54, 1.807) is 6.92 Å². The van der Waals surface area contributed by atoms with Crippen LogP contribution in [0.2, 0.25) is 0 Å². The molecule has 4 heteroatoms. The second kappa shape index (κ2) is 4.68.